The minimum atomic E-state index is -0.151. The minimum Gasteiger partial charge on any atom is -0.356 e. The van der Waals surface area contributed by atoms with Crippen LogP contribution in [-0.4, -0.2) is 28.4 Å². The lowest BCUT2D eigenvalue weighted by Crippen LogP contribution is -2.31. The first-order chi connectivity index (χ1) is 8.34. The van der Waals surface area contributed by atoms with Gasteiger partial charge in [-0.15, -0.1) is 0 Å². The van der Waals surface area contributed by atoms with E-state index in [1.54, 1.807) is 18.5 Å². The number of hydrogen-bond acceptors (Lipinski definition) is 4. The Bertz CT molecular complexity index is 493. The predicted molar refractivity (Wildman–Crippen MR) is 63.8 cm³/mol. The fourth-order valence-electron chi connectivity index (χ4n) is 2.22. The van der Waals surface area contributed by atoms with E-state index in [0.717, 1.165) is 12.2 Å². The summed E-state index contributed by atoms with van der Waals surface area (Å²) in [6, 6.07) is 3.84. The number of allylic oxidation sites excluding steroid dienone is 2. The Labute approximate surface area is 99.7 Å². The van der Waals surface area contributed by atoms with E-state index in [1.165, 1.54) is 5.56 Å². The number of nitrogens with one attached hydrogen (secondary N) is 1. The van der Waals surface area contributed by atoms with Crippen molar-refractivity contribution < 1.29 is 4.79 Å². The molecule has 2 heterocycles. The second-order valence-corrected chi connectivity index (χ2v) is 4.20. The maximum absolute atomic E-state index is 11.6. The number of hydrogen-bond donors (Lipinski definition) is 1. The maximum Gasteiger partial charge on any atom is 0.178 e. The molecule has 4 heteroatoms. The fraction of sp³-hybridized carbons (Fsp3) is 0.231. The van der Waals surface area contributed by atoms with Gasteiger partial charge in [-0.2, -0.15) is 0 Å². The molecule has 1 saturated heterocycles. The Morgan fingerprint density at radius 3 is 3.06 bits per heavy atom. The summed E-state index contributed by atoms with van der Waals surface area (Å²) in [6.07, 6.45) is 9.03. The summed E-state index contributed by atoms with van der Waals surface area (Å²) in [7, 11) is 0. The number of carbonyl (C=O) groups is 1. The maximum atomic E-state index is 11.6. The Balaban J connectivity index is 1.80. The molecule has 0 spiro atoms. The van der Waals surface area contributed by atoms with Crippen LogP contribution < -0.4 is 5.32 Å². The average Bonchev–Trinajstić information content (AvgIpc) is 2.76. The highest BCUT2D eigenvalue weighted by atomic mass is 16.1. The van der Waals surface area contributed by atoms with Crippen molar-refractivity contribution >= 4 is 5.78 Å². The highest BCUT2D eigenvalue weighted by molar-refractivity contribution is 5.98. The van der Waals surface area contributed by atoms with Gasteiger partial charge in [0.15, 0.2) is 5.78 Å². The molecule has 0 aromatic carbocycles. The number of aromatic nitrogens is 1. The predicted octanol–water partition coefficient (Wildman–Crippen LogP) is 0.836. The van der Waals surface area contributed by atoms with E-state index in [0.29, 0.717) is 6.67 Å². The third-order valence-electron chi connectivity index (χ3n) is 3.08. The van der Waals surface area contributed by atoms with Crippen LogP contribution in [0, 0.1) is 0 Å². The van der Waals surface area contributed by atoms with E-state index in [2.05, 4.69) is 15.2 Å². The second kappa shape index (κ2) is 4.14. The zero-order valence-electron chi connectivity index (χ0n) is 9.34. The molecule has 17 heavy (non-hydrogen) atoms. The van der Waals surface area contributed by atoms with Gasteiger partial charge in [0.2, 0.25) is 0 Å². The fourth-order valence-corrected chi connectivity index (χ4v) is 2.22. The van der Waals surface area contributed by atoms with Crippen LogP contribution in [0.1, 0.15) is 5.56 Å². The SMILES string of the molecule is O=C1C=CC=C2C1NCN2Cc1ccncc1. The number of pyridine rings is 1. The van der Waals surface area contributed by atoms with Gasteiger partial charge in [-0.25, -0.2) is 0 Å². The molecule has 0 bridgehead atoms. The zero-order valence-corrected chi connectivity index (χ0v) is 9.34. The van der Waals surface area contributed by atoms with Crippen LogP contribution in [-0.2, 0) is 11.3 Å². The number of ketones is 1. The van der Waals surface area contributed by atoms with Gasteiger partial charge in [0.1, 0.15) is 6.04 Å². The standard InChI is InChI=1S/C13H13N3O/c17-12-3-1-2-11-13(12)15-9-16(11)8-10-4-6-14-7-5-10/h1-7,13,15H,8-9H2. The monoisotopic (exact) mass is 227 g/mol. The summed E-state index contributed by atoms with van der Waals surface area (Å²) in [5, 5.41) is 3.22. The molecule has 1 aromatic rings. The van der Waals surface area contributed by atoms with Crippen LogP contribution >= 0.6 is 0 Å². The molecule has 1 fully saturated rings. The first kappa shape index (κ1) is 10.2. The van der Waals surface area contributed by atoms with Crippen molar-refractivity contribution in [3.63, 3.8) is 0 Å². The van der Waals surface area contributed by atoms with Crippen LogP contribution in [0.2, 0.25) is 0 Å². The molecule has 1 aliphatic carbocycles. The van der Waals surface area contributed by atoms with Crippen molar-refractivity contribution in [1.82, 2.24) is 15.2 Å². The third-order valence-corrected chi connectivity index (χ3v) is 3.08. The quantitative estimate of drug-likeness (QED) is 0.813. The summed E-state index contributed by atoms with van der Waals surface area (Å²) in [4.78, 5) is 17.8. The van der Waals surface area contributed by atoms with E-state index in [9.17, 15) is 4.79 Å². The number of nitrogens with zero attached hydrogens (tertiary/aromatic N) is 2. The van der Waals surface area contributed by atoms with Gasteiger partial charge in [0.05, 0.1) is 6.67 Å². The van der Waals surface area contributed by atoms with Gasteiger partial charge in [0, 0.05) is 24.6 Å². The van der Waals surface area contributed by atoms with Gasteiger partial charge >= 0.3 is 0 Å². The Morgan fingerprint density at radius 2 is 2.24 bits per heavy atom. The minimum absolute atomic E-state index is 0.139. The molecule has 2 aliphatic rings. The summed E-state index contributed by atoms with van der Waals surface area (Å²) in [5.74, 6) is 0.139. The van der Waals surface area contributed by atoms with Gasteiger partial charge < -0.3 is 4.90 Å². The van der Waals surface area contributed by atoms with Crippen LogP contribution in [0.25, 0.3) is 0 Å². The van der Waals surface area contributed by atoms with Crippen molar-refractivity contribution in [2.45, 2.75) is 12.6 Å². The van der Waals surface area contributed by atoms with E-state index >= 15 is 0 Å². The molecule has 0 radical (unpaired) electrons. The van der Waals surface area contributed by atoms with E-state index in [1.807, 2.05) is 24.3 Å². The summed E-state index contributed by atoms with van der Waals surface area (Å²) in [5.41, 5.74) is 2.26. The van der Waals surface area contributed by atoms with Gasteiger partial charge in [0.25, 0.3) is 0 Å². The molecule has 86 valence electrons. The van der Waals surface area contributed by atoms with Crippen molar-refractivity contribution in [3.05, 3.63) is 54.0 Å². The second-order valence-electron chi connectivity index (χ2n) is 4.20. The van der Waals surface area contributed by atoms with Gasteiger partial charge in [-0.1, -0.05) is 6.08 Å². The average molecular weight is 227 g/mol. The first-order valence-corrected chi connectivity index (χ1v) is 5.64. The molecule has 0 saturated carbocycles. The highest BCUT2D eigenvalue weighted by Gasteiger charge is 2.32. The molecular formula is C13H13N3O. The van der Waals surface area contributed by atoms with Gasteiger partial charge in [-0.05, 0) is 29.8 Å². The van der Waals surface area contributed by atoms with E-state index in [4.69, 9.17) is 0 Å². The number of rotatable bonds is 2. The van der Waals surface area contributed by atoms with Crippen LogP contribution in [0.3, 0.4) is 0 Å². The lowest BCUT2D eigenvalue weighted by Gasteiger charge is -2.21. The molecule has 1 aromatic heterocycles. The van der Waals surface area contributed by atoms with Crippen LogP contribution in [0.15, 0.2) is 48.5 Å². The first-order valence-electron chi connectivity index (χ1n) is 5.64. The lowest BCUT2D eigenvalue weighted by atomic mass is 10.0. The van der Waals surface area contributed by atoms with E-state index < -0.39 is 0 Å². The third kappa shape index (κ3) is 1.87. The van der Waals surface area contributed by atoms with Gasteiger partial charge in [-0.3, -0.25) is 15.1 Å². The largest absolute Gasteiger partial charge is 0.356 e. The van der Waals surface area contributed by atoms with Crippen LogP contribution in [0.5, 0.6) is 0 Å². The normalized spacial score (nSPS) is 22.6. The van der Waals surface area contributed by atoms with Crippen molar-refractivity contribution in [2.75, 3.05) is 6.67 Å². The number of fused-ring (bicyclic) bond motifs is 1. The number of carbonyl (C=O) groups excluding carboxylic acids is 1. The molecule has 3 rings (SSSR count). The molecule has 1 aliphatic heterocycles. The molecule has 1 unspecified atom stereocenters. The molecule has 0 amide bonds. The lowest BCUT2D eigenvalue weighted by molar-refractivity contribution is -0.115. The van der Waals surface area contributed by atoms with Crippen molar-refractivity contribution in [1.29, 1.82) is 0 Å². The molecular weight excluding hydrogens is 214 g/mol. The molecule has 4 nitrogen and oxygen atoms in total. The molecule has 1 N–H and O–H groups in total. The summed E-state index contributed by atoms with van der Waals surface area (Å²) < 4.78 is 0. The zero-order chi connectivity index (χ0) is 11.7. The van der Waals surface area contributed by atoms with Crippen molar-refractivity contribution in [2.24, 2.45) is 0 Å². The summed E-state index contributed by atoms with van der Waals surface area (Å²) in [6.45, 7) is 1.52. The van der Waals surface area contributed by atoms with Crippen LogP contribution in [0.4, 0.5) is 0 Å². The summed E-state index contributed by atoms with van der Waals surface area (Å²) >= 11 is 0. The Kier molecular flexibility index (Phi) is 2.49. The Morgan fingerprint density at radius 1 is 1.41 bits per heavy atom. The Hall–Kier alpha value is -1.94. The van der Waals surface area contributed by atoms with E-state index in [-0.39, 0.29) is 11.8 Å². The van der Waals surface area contributed by atoms with Crippen molar-refractivity contribution in [3.8, 4) is 0 Å². The topological polar surface area (TPSA) is 45.2 Å². The smallest absolute Gasteiger partial charge is 0.178 e. The highest BCUT2D eigenvalue weighted by Crippen LogP contribution is 2.22. The molecule has 1 atom stereocenters.